The number of nitrogens with one attached hydrogen (secondary N) is 1. The molecule has 4 aromatic rings. The van der Waals surface area contributed by atoms with Crippen LogP contribution in [0.1, 0.15) is 0 Å². The summed E-state index contributed by atoms with van der Waals surface area (Å²) in [4.78, 5) is 19.2. The van der Waals surface area contributed by atoms with Crippen LogP contribution in [0.15, 0.2) is 76.8 Å². The molecule has 3 aromatic carbocycles. The van der Waals surface area contributed by atoms with Gasteiger partial charge < -0.3 is 9.64 Å². The Labute approximate surface area is 213 Å². The minimum Gasteiger partial charge on any atom is -0.497 e. The summed E-state index contributed by atoms with van der Waals surface area (Å²) in [7, 11) is -2.02. The number of thioether (sulfide) groups is 1. The van der Waals surface area contributed by atoms with Crippen LogP contribution in [0.5, 0.6) is 5.75 Å². The highest BCUT2D eigenvalue weighted by molar-refractivity contribution is 7.99. The Balaban J connectivity index is 1.15. The summed E-state index contributed by atoms with van der Waals surface area (Å²) in [5.74, 6) is 1.47. The molecule has 0 radical (unpaired) electrons. The number of carbonyl (C=O) groups is 1. The van der Waals surface area contributed by atoms with Crippen LogP contribution in [0.25, 0.3) is 22.2 Å². The van der Waals surface area contributed by atoms with Gasteiger partial charge in [-0.3, -0.25) is 9.89 Å². The number of carbonyl (C=O) groups excluding carboxylic acids is 1. The molecule has 1 amide bonds. The number of aromatic amines is 1. The highest BCUT2D eigenvalue weighted by Crippen LogP contribution is 2.24. The van der Waals surface area contributed by atoms with E-state index in [4.69, 9.17) is 4.74 Å². The maximum absolute atomic E-state index is 13.2. The molecule has 0 atom stereocenters. The third kappa shape index (κ3) is 5.08. The van der Waals surface area contributed by atoms with Crippen LogP contribution < -0.4 is 4.74 Å². The van der Waals surface area contributed by atoms with Crippen LogP contribution in [0, 0.1) is 0 Å². The van der Waals surface area contributed by atoms with Gasteiger partial charge in [-0.05, 0) is 47.2 Å². The summed E-state index contributed by atoms with van der Waals surface area (Å²) in [6.07, 6.45) is 0. The van der Waals surface area contributed by atoms with E-state index < -0.39 is 10.0 Å². The van der Waals surface area contributed by atoms with Gasteiger partial charge in [0.2, 0.25) is 21.1 Å². The largest absolute Gasteiger partial charge is 0.497 e. The standard InChI is InChI=1S/C25H25N5O4S2/c1-34-21-9-6-19(7-10-21)24-26-25(28-27-24)35-17-23(31)29-12-14-30(15-13-29)36(32,33)22-11-8-18-4-2-3-5-20(18)16-22/h2-11,16H,12-15,17H2,1H3,(H,26,27,28). The number of fused-ring (bicyclic) bond motifs is 1. The van der Waals surface area contributed by atoms with E-state index in [1.165, 1.54) is 16.1 Å². The predicted octanol–water partition coefficient (Wildman–Crippen LogP) is 3.26. The number of hydrogen-bond acceptors (Lipinski definition) is 7. The fourth-order valence-electron chi connectivity index (χ4n) is 4.06. The Bertz CT molecular complexity index is 1480. The van der Waals surface area contributed by atoms with Crippen molar-refractivity contribution < 1.29 is 17.9 Å². The molecule has 1 aromatic heterocycles. The molecule has 0 bridgehead atoms. The van der Waals surface area contributed by atoms with E-state index in [2.05, 4.69) is 15.2 Å². The SMILES string of the molecule is COc1ccc(-c2nc(SCC(=O)N3CCN(S(=O)(=O)c4ccc5ccccc5c4)CC3)n[nH]2)cc1. The highest BCUT2D eigenvalue weighted by Gasteiger charge is 2.30. The maximum atomic E-state index is 13.2. The van der Waals surface area contributed by atoms with Crippen LogP contribution >= 0.6 is 11.8 Å². The van der Waals surface area contributed by atoms with Crippen LogP contribution in [-0.2, 0) is 14.8 Å². The molecular weight excluding hydrogens is 498 g/mol. The fraction of sp³-hybridized carbons (Fsp3) is 0.240. The summed E-state index contributed by atoms with van der Waals surface area (Å²) in [5, 5.41) is 9.43. The molecule has 0 saturated carbocycles. The van der Waals surface area contributed by atoms with Gasteiger partial charge in [0.15, 0.2) is 5.82 Å². The average Bonchev–Trinajstić information content (AvgIpc) is 3.40. The summed E-state index contributed by atoms with van der Waals surface area (Å²) in [6, 6.07) is 20.3. The number of sulfonamides is 1. The van der Waals surface area contributed by atoms with Gasteiger partial charge in [-0.1, -0.05) is 42.1 Å². The second-order valence-electron chi connectivity index (χ2n) is 8.28. The third-order valence-electron chi connectivity index (χ3n) is 6.10. The maximum Gasteiger partial charge on any atom is 0.243 e. The van der Waals surface area contributed by atoms with Crippen molar-refractivity contribution in [1.29, 1.82) is 0 Å². The monoisotopic (exact) mass is 523 g/mol. The van der Waals surface area contributed by atoms with Crippen LogP contribution in [-0.4, -0.2) is 77.8 Å². The van der Waals surface area contributed by atoms with Crippen LogP contribution in [0.3, 0.4) is 0 Å². The van der Waals surface area contributed by atoms with Crippen LogP contribution in [0.2, 0.25) is 0 Å². The quantitative estimate of drug-likeness (QED) is 0.371. The van der Waals surface area contributed by atoms with Gasteiger partial charge in [-0.25, -0.2) is 13.4 Å². The number of methoxy groups -OCH3 is 1. The molecule has 36 heavy (non-hydrogen) atoms. The second kappa shape index (κ2) is 10.3. The Morgan fingerprint density at radius 1 is 1.00 bits per heavy atom. The van der Waals surface area contributed by atoms with Gasteiger partial charge in [0.25, 0.3) is 0 Å². The zero-order valence-corrected chi connectivity index (χ0v) is 21.3. The minimum absolute atomic E-state index is 0.0708. The molecule has 11 heteroatoms. The minimum atomic E-state index is -3.63. The third-order valence-corrected chi connectivity index (χ3v) is 8.83. The Morgan fingerprint density at radius 3 is 2.44 bits per heavy atom. The normalized spacial score (nSPS) is 14.8. The van der Waals surface area contributed by atoms with Crippen molar-refractivity contribution >= 4 is 38.5 Å². The van der Waals surface area contributed by atoms with Crippen molar-refractivity contribution in [2.75, 3.05) is 39.0 Å². The molecule has 9 nitrogen and oxygen atoms in total. The molecule has 1 aliphatic rings. The number of aromatic nitrogens is 3. The fourth-order valence-corrected chi connectivity index (χ4v) is 6.22. The molecule has 0 unspecified atom stereocenters. The first-order valence-corrected chi connectivity index (χ1v) is 13.8. The molecule has 0 spiro atoms. The smallest absolute Gasteiger partial charge is 0.243 e. The molecule has 0 aliphatic carbocycles. The van der Waals surface area contributed by atoms with E-state index >= 15 is 0 Å². The van der Waals surface area contributed by atoms with Crippen molar-refractivity contribution in [2.24, 2.45) is 0 Å². The lowest BCUT2D eigenvalue weighted by atomic mass is 10.1. The van der Waals surface area contributed by atoms with Gasteiger partial charge in [-0.2, -0.15) is 4.31 Å². The lowest BCUT2D eigenvalue weighted by Crippen LogP contribution is -2.50. The van der Waals surface area contributed by atoms with E-state index in [1.54, 1.807) is 24.1 Å². The van der Waals surface area contributed by atoms with Crippen molar-refractivity contribution in [2.45, 2.75) is 10.1 Å². The van der Waals surface area contributed by atoms with Crippen molar-refractivity contribution in [3.63, 3.8) is 0 Å². The lowest BCUT2D eigenvalue weighted by Gasteiger charge is -2.34. The number of amides is 1. The number of H-pyrrole nitrogens is 1. The summed E-state index contributed by atoms with van der Waals surface area (Å²) in [5.41, 5.74) is 0.866. The summed E-state index contributed by atoms with van der Waals surface area (Å²) in [6.45, 7) is 1.20. The number of hydrogen-bond donors (Lipinski definition) is 1. The van der Waals surface area contributed by atoms with Gasteiger partial charge >= 0.3 is 0 Å². The van der Waals surface area contributed by atoms with E-state index in [9.17, 15) is 13.2 Å². The first-order chi connectivity index (χ1) is 17.4. The predicted molar refractivity (Wildman–Crippen MR) is 138 cm³/mol. The van der Waals surface area contributed by atoms with Crippen molar-refractivity contribution in [3.05, 3.63) is 66.7 Å². The average molecular weight is 524 g/mol. The summed E-state index contributed by atoms with van der Waals surface area (Å²) >= 11 is 1.25. The van der Waals surface area contributed by atoms with E-state index in [0.29, 0.717) is 24.1 Å². The Hall–Kier alpha value is -3.41. The number of benzene rings is 3. The molecule has 1 N–H and O–H groups in total. The number of ether oxygens (including phenoxy) is 1. The zero-order valence-electron chi connectivity index (χ0n) is 19.6. The van der Waals surface area contributed by atoms with Gasteiger partial charge in [-0.15, -0.1) is 5.10 Å². The first-order valence-electron chi connectivity index (χ1n) is 11.4. The molecule has 5 rings (SSSR count). The van der Waals surface area contributed by atoms with E-state index in [0.717, 1.165) is 22.1 Å². The molecular formula is C25H25N5O4S2. The van der Waals surface area contributed by atoms with Crippen LogP contribution in [0.4, 0.5) is 0 Å². The number of rotatable bonds is 7. The van der Waals surface area contributed by atoms with Gasteiger partial charge in [0.05, 0.1) is 17.8 Å². The molecule has 186 valence electrons. The second-order valence-corrected chi connectivity index (χ2v) is 11.2. The zero-order chi connectivity index (χ0) is 25.1. The lowest BCUT2D eigenvalue weighted by molar-refractivity contribution is -0.129. The molecule has 1 saturated heterocycles. The van der Waals surface area contributed by atoms with Crippen molar-refractivity contribution in [3.8, 4) is 17.1 Å². The summed E-state index contributed by atoms with van der Waals surface area (Å²) < 4.78 is 32.9. The topological polar surface area (TPSA) is 108 Å². The Morgan fingerprint density at radius 2 is 1.72 bits per heavy atom. The van der Waals surface area contributed by atoms with Crippen molar-refractivity contribution in [1.82, 2.24) is 24.4 Å². The first kappa shape index (κ1) is 24.3. The highest BCUT2D eigenvalue weighted by atomic mass is 32.2. The van der Waals surface area contributed by atoms with Gasteiger partial charge in [0.1, 0.15) is 5.75 Å². The van der Waals surface area contributed by atoms with Gasteiger partial charge in [0, 0.05) is 31.7 Å². The molecule has 1 fully saturated rings. The number of nitrogens with zero attached hydrogens (tertiary/aromatic N) is 4. The van der Waals surface area contributed by atoms with E-state index in [1.807, 2.05) is 54.6 Å². The Kier molecular flexibility index (Phi) is 6.95. The van der Waals surface area contributed by atoms with E-state index in [-0.39, 0.29) is 29.6 Å². The number of piperazine rings is 1. The molecule has 1 aliphatic heterocycles. The molecule has 2 heterocycles.